The second kappa shape index (κ2) is 6.57. The van der Waals surface area contributed by atoms with Gasteiger partial charge in [0.1, 0.15) is 11.9 Å². The number of carbonyl (C=O) groups is 1. The molecule has 2 aliphatic rings. The lowest BCUT2D eigenvalue weighted by Crippen LogP contribution is -2.61. The highest BCUT2D eigenvalue weighted by atomic mass is 19.1. The number of piperidine rings is 1. The van der Waals surface area contributed by atoms with Gasteiger partial charge in [0.05, 0.1) is 5.60 Å². The van der Waals surface area contributed by atoms with Crippen LogP contribution in [0.1, 0.15) is 32.3 Å². The molecule has 23 heavy (non-hydrogen) atoms. The molecule has 2 aliphatic heterocycles. The van der Waals surface area contributed by atoms with E-state index < -0.39 is 0 Å². The topological polar surface area (TPSA) is 32.8 Å². The van der Waals surface area contributed by atoms with Gasteiger partial charge in [-0.3, -0.25) is 9.69 Å². The van der Waals surface area contributed by atoms with Crippen LogP contribution in [0.15, 0.2) is 24.3 Å². The molecule has 1 aromatic carbocycles. The summed E-state index contributed by atoms with van der Waals surface area (Å²) in [6, 6.07) is 6.71. The predicted octanol–water partition coefficient (Wildman–Crippen LogP) is 2.43. The van der Waals surface area contributed by atoms with Crippen LogP contribution in [0.25, 0.3) is 0 Å². The first-order valence-electron chi connectivity index (χ1n) is 8.45. The molecule has 0 N–H and O–H groups in total. The van der Waals surface area contributed by atoms with Gasteiger partial charge in [-0.2, -0.15) is 0 Å². The zero-order valence-electron chi connectivity index (χ0n) is 13.9. The Labute approximate surface area is 137 Å². The molecule has 0 saturated carbocycles. The smallest absolute Gasteiger partial charge is 0.251 e. The molecular formula is C18H25FN2O2. The van der Waals surface area contributed by atoms with Gasteiger partial charge in [0.25, 0.3) is 5.91 Å². The summed E-state index contributed by atoms with van der Waals surface area (Å²) in [4.78, 5) is 16.4. The van der Waals surface area contributed by atoms with Gasteiger partial charge in [0, 0.05) is 32.7 Å². The average Bonchev–Trinajstić information content (AvgIpc) is 2.55. The summed E-state index contributed by atoms with van der Waals surface area (Å²) < 4.78 is 19.1. The van der Waals surface area contributed by atoms with Gasteiger partial charge >= 0.3 is 0 Å². The summed E-state index contributed by atoms with van der Waals surface area (Å²) in [5, 5.41) is 0. The van der Waals surface area contributed by atoms with Crippen LogP contribution in [0.4, 0.5) is 4.39 Å². The third kappa shape index (κ3) is 3.56. The van der Waals surface area contributed by atoms with Crippen LogP contribution < -0.4 is 0 Å². The highest BCUT2D eigenvalue weighted by Crippen LogP contribution is 2.33. The number of benzene rings is 1. The van der Waals surface area contributed by atoms with Crippen LogP contribution in [0.3, 0.4) is 0 Å². The SMILES string of the molecule is CCN1CC2(CCN(Cc3ccc(F)cc3)CC2)OC(C)C1=O. The van der Waals surface area contributed by atoms with Crippen molar-refractivity contribution in [2.24, 2.45) is 0 Å². The lowest BCUT2D eigenvalue weighted by atomic mass is 9.88. The third-order valence-electron chi connectivity index (χ3n) is 5.03. The molecular weight excluding hydrogens is 295 g/mol. The summed E-state index contributed by atoms with van der Waals surface area (Å²) in [6.45, 7) is 8.04. The summed E-state index contributed by atoms with van der Waals surface area (Å²) in [5.41, 5.74) is 0.938. The second-order valence-corrected chi connectivity index (χ2v) is 6.70. The number of rotatable bonds is 3. The quantitative estimate of drug-likeness (QED) is 0.857. The molecule has 1 unspecified atom stereocenters. The molecule has 0 bridgehead atoms. The monoisotopic (exact) mass is 320 g/mol. The van der Waals surface area contributed by atoms with Crippen molar-refractivity contribution in [3.05, 3.63) is 35.6 Å². The Bertz CT molecular complexity index is 553. The maximum atomic E-state index is 13.0. The third-order valence-corrected chi connectivity index (χ3v) is 5.03. The van der Waals surface area contributed by atoms with Crippen LogP contribution in [0, 0.1) is 5.82 Å². The van der Waals surface area contributed by atoms with Crippen LogP contribution in [0.2, 0.25) is 0 Å². The summed E-state index contributed by atoms with van der Waals surface area (Å²) in [6.07, 6.45) is 1.53. The van der Waals surface area contributed by atoms with Crippen molar-refractivity contribution in [2.45, 2.75) is 44.9 Å². The Kier molecular flexibility index (Phi) is 4.69. The van der Waals surface area contributed by atoms with Crippen LogP contribution >= 0.6 is 0 Å². The number of amides is 1. The molecule has 126 valence electrons. The molecule has 5 heteroatoms. The molecule has 0 aliphatic carbocycles. The minimum absolute atomic E-state index is 0.104. The van der Waals surface area contributed by atoms with E-state index in [9.17, 15) is 9.18 Å². The Morgan fingerprint density at radius 3 is 2.52 bits per heavy atom. The second-order valence-electron chi connectivity index (χ2n) is 6.70. The van der Waals surface area contributed by atoms with Crippen molar-refractivity contribution in [3.63, 3.8) is 0 Å². The molecule has 1 aromatic rings. The van der Waals surface area contributed by atoms with E-state index in [-0.39, 0.29) is 23.4 Å². The number of morpholine rings is 1. The van der Waals surface area contributed by atoms with Crippen molar-refractivity contribution in [1.82, 2.24) is 9.80 Å². The molecule has 1 amide bonds. The maximum Gasteiger partial charge on any atom is 0.251 e. The predicted molar refractivity (Wildman–Crippen MR) is 86.4 cm³/mol. The first kappa shape index (κ1) is 16.4. The summed E-state index contributed by atoms with van der Waals surface area (Å²) >= 11 is 0. The van der Waals surface area contributed by atoms with E-state index in [1.54, 1.807) is 0 Å². The van der Waals surface area contributed by atoms with E-state index in [4.69, 9.17) is 4.74 Å². The van der Waals surface area contributed by atoms with Gasteiger partial charge in [-0.1, -0.05) is 12.1 Å². The van der Waals surface area contributed by atoms with Crippen LogP contribution in [-0.2, 0) is 16.1 Å². The highest BCUT2D eigenvalue weighted by molar-refractivity contribution is 5.81. The minimum Gasteiger partial charge on any atom is -0.360 e. The Balaban J connectivity index is 1.59. The number of likely N-dealkylation sites (N-methyl/N-ethyl adjacent to an activating group) is 1. The largest absolute Gasteiger partial charge is 0.360 e. The molecule has 1 atom stereocenters. The number of nitrogens with zero attached hydrogens (tertiary/aromatic N) is 2. The first-order valence-corrected chi connectivity index (χ1v) is 8.45. The van der Waals surface area contributed by atoms with Crippen molar-refractivity contribution < 1.29 is 13.9 Å². The molecule has 0 aromatic heterocycles. The molecule has 0 radical (unpaired) electrons. The maximum absolute atomic E-state index is 13.0. The number of halogens is 1. The van der Waals surface area contributed by atoms with Gasteiger partial charge in [0.15, 0.2) is 0 Å². The first-order chi connectivity index (χ1) is 11.0. The van der Waals surface area contributed by atoms with Gasteiger partial charge in [-0.05, 0) is 44.4 Å². The number of carbonyl (C=O) groups excluding carboxylic acids is 1. The molecule has 1 spiro atoms. The van der Waals surface area contributed by atoms with E-state index in [0.29, 0.717) is 6.54 Å². The number of hydrogen-bond acceptors (Lipinski definition) is 3. The molecule has 3 rings (SSSR count). The fourth-order valence-electron chi connectivity index (χ4n) is 3.66. The van der Waals surface area contributed by atoms with Gasteiger partial charge in [-0.25, -0.2) is 4.39 Å². The lowest BCUT2D eigenvalue weighted by molar-refractivity contribution is -0.189. The average molecular weight is 320 g/mol. The molecule has 4 nitrogen and oxygen atoms in total. The highest BCUT2D eigenvalue weighted by Gasteiger charge is 2.44. The van der Waals surface area contributed by atoms with E-state index in [1.807, 2.05) is 30.9 Å². The summed E-state index contributed by atoms with van der Waals surface area (Å²) in [5.74, 6) is -0.0906. The van der Waals surface area contributed by atoms with Gasteiger partial charge in [-0.15, -0.1) is 0 Å². The normalized spacial score (nSPS) is 25.1. The van der Waals surface area contributed by atoms with Crippen LogP contribution in [-0.4, -0.2) is 53.6 Å². The molecule has 2 heterocycles. The minimum atomic E-state index is -0.340. The Hall–Kier alpha value is -1.46. The molecule has 2 saturated heterocycles. The molecule has 2 fully saturated rings. The van der Waals surface area contributed by atoms with E-state index in [1.165, 1.54) is 12.1 Å². The van der Waals surface area contributed by atoms with Gasteiger partial charge < -0.3 is 9.64 Å². The van der Waals surface area contributed by atoms with E-state index in [2.05, 4.69) is 4.90 Å². The van der Waals surface area contributed by atoms with Crippen molar-refractivity contribution in [1.29, 1.82) is 0 Å². The lowest BCUT2D eigenvalue weighted by Gasteiger charge is -2.49. The van der Waals surface area contributed by atoms with E-state index in [0.717, 1.165) is 44.6 Å². The fraction of sp³-hybridized carbons (Fsp3) is 0.611. The van der Waals surface area contributed by atoms with Gasteiger partial charge in [0.2, 0.25) is 0 Å². The standard InChI is InChI=1S/C18H25FN2O2/c1-3-21-13-18(23-14(2)17(21)22)8-10-20(11-9-18)12-15-4-6-16(19)7-5-15/h4-7,14H,3,8-13H2,1-2H3. The van der Waals surface area contributed by atoms with Crippen LogP contribution in [0.5, 0.6) is 0 Å². The Morgan fingerprint density at radius 2 is 1.91 bits per heavy atom. The van der Waals surface area contributed by atoms with E-state index >= 15 is 0 Å². The zero-order valence-corrected chi connectivity index (χ0v) is 13.9. The van der Waals surface area contributed by atoms with Crippen molar-refractivity contribution in [2.75, 3.05) is 26.2 Å². The fourth-order valence-corrected chi connectivity index (χ4v) is 3.66. The zero-order chi connectivity index (χ0) is 16.4. The van der Waals surface area contributed by atoms with Crippen molar-refractivity contribution >= 4 is 5.91 Å². The number of likely N-dealkylation sites (tertiary alicyclic amines) is 1. The van der Waals surface area contributed by atoms with Crippen molar-refractivity contribution in [3.8, 4) is 0 Å². The summed E-state index contributed by atoms with van der Waals surface area (Å²) in [7, 11) is 0. The number of ether oxygens (including phenoxy) is 1. The number of hydrogen-bond donors (Lipinski definition) is 0. The Morgan fingerprint density at radius 1 is 1.26 bits per heavy atom.